The number of hydrogen-bond donors (Lipinski definition) is 1. The van der Waals surface area contributed by atoms with Gasteiger partial charge in [-0.2, -0.15) is 0 Å². The quantitative estimate of drug-likeness (QED) is 0.892. The van der Waals surface area contributed by atoms with Crippen LogP contribution in [0.25, 0.3) is 11.4 Å². The van der Waals surface area contributed by atoms with Crippen molar-refractivity contribution in [3.63, 3.8) is 0 Å². The van der Waals surface area contributed by atoms with Gasteiger partial charge in [-0.1, -0.05) is 13.8 Å². The third kappa shape index (κ3) is 3.74. The lowest BCUT2D eigenvalue weighted by Crippen LogP contribution is -2.06. The molecule has 0 aliphatic rings. The van der Waals surface area contributed by atoms with Gasteiger partial charge < -0.3 is 5.32 Å². The van der Waals surface area contributed by atoms with E-state index in [1.54, 1.807) is 12.4 Å². The van der Waals surface area contributed by atoms with Crippen LogP contribution < -0.4 is 5.32 Å². The predicted octanol–water partition coefficient (Wildman–Crippen LogP) is 3.17. The van der Waals surface area contributed by atoms with Gasteiger partial charge in [-0.3, -0.25) is 4.98 Å². The van der Waals surface area contributed by atoms with Crippen molar-refractivity contribution < 1.29 is 0 Å². The Morgan fingerprint density at radius 2 is 2.11 bits per heavy atom. The molecular weight excluding hydrogens is 236 g/mol. The summed E-state index contributed by atoms with van der Waals surface area (Å²) in [7, 11) is 0. The zero-order valence-electron chi connectivity index (χ0n) is 11.7. The molecule has 0 amide bonds. The highest BCUT2D eigenvalue weighted by atomic mass is 15.0. The van der Waals surface area contributed by atoms with Gasteiger partial charge in [-0.25, -0.2) is 9.97 Å². The van der Waals surface area contributed by atoms with Crippen LogP contribution in [0.4, 0.5) is 5.82 Å². The molecule has 0 aromatic carbocycles. The lowest BCUT2D eigenvalue weighted by molar-refractivity contribution is 0.635. The molecule has 0 atom stereocenters. The van der Waals surface area contributed by atoms with Crippen molar-refractivity contribution in [2.45, 2.75) is 27.2 Å². The van der Waals surface area contributed by atoms with Crippen LogP contribution >= 0.6 is 0 Å². The van der Waals surface area contributed by atoms with E-state index in [0.29, 0.717) is 5.92 Å². The van der Waals surface area contributed by atoms with E-state index in [1.807, 2.05) is 18.2 Å². The number of pyridine rings is 1. The molecule has 2 aromatic heterocycles. The van der Waals surface area contributed by atoms with Gasteiger partial charge in [0.25, 0.3) is 0 Å². The molecule has 0 fully saturated rings. The van der Waals surface area contributed by atoms with Gasteiger partial charge in [0, 0.05) is 36.3 Å². The molecule has 100 valence electrons. The maximum absolute atomic E-state index is 4.63. The van der Waals surface area contributed by atoms with Crippen LogP contribution in [0, 0.1) is 5.92 Å². The van der Waals surface area contributed by atoms with Crippen LogP contribution in [0.2, 0.25) is 0 Å². The standard InChI is InChI=1S/C15H20N4/c1-4-17-14-9-13(8-11(2)3)18-15(19-14)12-6-5-7-16-10-12/h5-7,9-11H,4,8H2,1-3H3,(H,17,18,19). The number of aromatic nitrogens is 3. The van der Waals surface area contributed by atoms with Gasteiger partial charge in [0.1, 0.15) is 5.82 Å². The molecule has 0 aliphatic heterocycles. The molecule has 0 unspecified atom stereocenters. The van der Waals surface area contributed by atoms with Gasteiger partial charge in [-0.15, -0.1) is 0 Å². The van der Waals surface area contributed by atoms with E-state index < -0.39 is 0 Å². The zero-order chi connectivity index (χ0) is 13.7. The molecule has 0 spiro atoms. The first-order valence-corrected chi connectivity index (χ1v) is 6.71. The second-order valence-electron chi connectivity index (χ2n) is 4.94. The summed E-state index contributed by atoms with van der Waals surface area (Å²) >= 11 is 0. The Morgan fingerprint density at radius 3 is 2.74 bits per heavy atom. The topological polar surface area (TPSA) is 50.7 Å². The van der Waals surface area contributed by atoms with E-state index in [-0.39, 0.29) is 0 Å². The van der Waals surface area contributed by atoms with E-state index in [0.717, 1.165) is 35.9 Å². The maximum atomic E-state index is 4.63. The van der Waals surface area contributed by atoms with Gasteiger partial charge in [0.15, 0.2) is 5.82 Å². The largest absolute Gasteiger partial charge is 0.370 e. The smallest absolute Gasteiger partial charge is 0.163 e. The summed E-state index contributed by atoms with van der Waals surface area (Å²) in [6.45, 7) is 7.30. The monoisotopic (exact) mass is 256 g/mol. The van der Waals surface area contributed by atoms with Gasteiger partial charge >= 0.3 is 0 Å². The third-order valence-corrected chi connectivity index (χ3v) is 2.67. The molecule has 19 heavy (non-hydrogen) atoms. The van der Waals surface area contributed by atoms with Gasteiger partial charge in [-0.05, 0) is 31.4 Å². The molecule has 4 nitrogen and oxygen atoms in total. The molecule has 2 heterocycles. The number of anilines is 1. The van der Waals surface area contributed by atoms with Crippen LogP contribution in [-0.4, -0.2) is 21.5 Å². The molecule has 2 rings (SSSR count). The molecule has 0 saturated carbocycles. The third-order valence-electron chi connectivity index (χ3n) is 2.67. The van der Waals surface area contributed by atoms with Gasteiger partial charge in [0.2, 0.25) is 0 Å². The maximum Gasteiger partial charge on any atom is 0.163 e. The number of nitrogens with one attached hydrogen (secondary N) is 1. The van der Waals surface area contributed by atoms with E-state index in [2.05, 4.69) is 41.0 Å². The summed E-state index contributed by atoms with van der Waals surface area (Å²) in [4.78, 5) is 13.3. The average Bonchev–Trinajstić information content (AvgIpc) is 2.39. The fourth-order valence-electron chi connectivity index (χ4n) is 1.92. The lowest BCUT2D eigenvalue weighted by Gasteiger charge is -2.10. The van der Waals surface area contributed by atoms with E-state index in [1.165, 1.54) is 0 Å². The highest BCUT2D eigenvalue weighted by Gasteiger charge is 2.08. The van der Waals surface area contributed by atoms with Crippen molar-refractivity contribution in [3.05, 3.63) is 36.3 Å². The molecule has 0 saturated heterocycles. The molecule has 4 heteroatoms. The van der Waals surface area contributed by atoms with Crippen molar-refractivity contribution in [1.29, 1.82) is 0 Å². The van der Waals surface area contributed by atoms with E-state index >= 15 is 0 Å². The van der Waals surface area contributed by atoms with Crippen LogP contribution in [0.3, 0.4) is 0 Å². The lowest BCUT2D eigenvalue weighted by atomic mass is 10.1. The molecular formula is C15H20N4. The Bertz CT molecular complexity index is 523. The van der Waals surface area contributed by atoms with E-state index in [9.17, 15) is 0 Å². The molecule has 0 bridgehead atoms. The van der Waals surface area contributed by atoms with Gasteiger partial charge in [0.05, 0.1) is 0 Å². The normalized spacial score (nSPS) is 10.7. The second-order valence-corrected chi connectivity index (χ2v) is 4.94. The zero-order valence-corrected chi connectivity index (χ0v) is 11.7. The first-order chi connectivity index (χ1) is 9.19. The average molecular weight is 256 g/mol. The van der Waals surface area contributed by atoms with Crippen LogP contribution in [0.15, 0.2) is 30.6 Å². The number of rotatable bonds is 5. The summed E-state index contributed by atoms with van der Waals surface area (Å²) in [6, 6.07) is 5.92. The molecule has 0 aliphatic carbocycles. The minimum Gasteiger partial charge on any atom is -0.370 e. The minimum atomic E-state index is 0.575. The van der Waals surface area contributed by atoms with Crippen LogP contribution in [0.5, 0.6) is 0 Å². The summed E-state index contributed by atoms with van der Waals surface area (Å²) < 4.78 is 0. The van der Waals surface area contributed by atoms with Crippen molar-refractivity contribution in [3.8, 4) is 11.4 Å². The number of hydrogen-bond acceptors (Lipinski definition) is 4. The Labute approximate surface area is 114 Å². The van der Waals surface area contributed by atoms with E-state index in [4.69, 9.17) is 0 Å². The highest BCUT2D eigenvalue weighted by molar-refractivity contribution is 5.56. The predicted molar refractivity (Wildman–Crippen MR) is 78.0 cm³/mol. The van der Waals surface area contributed by atoms with Crippen molar-refractivity contribution >= 4 is 5.82 Å². The Hall–Kier alpha value is -1.97. The fourth-order valence-corrected chi connectivity index (χ4v) is 1.92. The Kier molecular flexibility index (Phi) is 4.44. The van der Waals surface area contributed by atoms with Crippen molar-refractivity contribution in [1.82, 2.24) is 15.0 Å². The van der Waals surface area contributed by atoms with Crippen LogP contribution in [0.1, 0.15) is 26.5 Å². The first-order valence-electron chi connectivity index (χ1n) is 6.71. The first kappa shape index (κ1) is 13.5. The fraction of sp³-hybridized carbons (Fsp3) is 0.400. The Balaban J connectivity index is 2.39. The van der Waals surface area contributed by atoms with Crippen molar-refractivity contribution in [2.24, 2.45) is 5.92 Å². The minimum absolute atomic E-state index is 0.575. The molecule has 0 radical (unpaired) electrons. The second kappa shape index (κ2) is 6.27. The molecule has 2 aromatic rings. The number of nitrogens with zero attached hydrogens (tertiary/aromatic N) is 3. The summed E-state index contributed by atoms with van der Waals surface area (Å²) in [5.41, 5.74) is 2.02. The SMILES string of the molecule is CCNc1cc(CC(C)C)nc(-c2cccnc2)n1. The summed E-state index contributed by atoms with van der Waals surface area (Å²) in [6.07, 6.45) is 4.51. The molecule has 1 N–H and O–H groups in total. The van der Waals surface area contributed by atoms with Crippen LogP contribution in [-0.2, 0) is 6.42 Å². The summed E-state index contributed by atoms with van der Waals surface area (Å²) in [5.74, 6) is 2.19. The van der Waals surface area contributed by atoms with Crippen molar-refractivity contribution in [2.75, 3.05) is 11.9 Å². The summed E-state index contributed by atoms with van der Waals surface area (Å²) in [5, 5.41) is 3.26. The Morgan fingerprint density at radius 1 is 1.26 bits per heavy atom. The highest BCUT2D eigenvalue weighted by Crippen LogP contribution is 2.18.